The topological polar surface area (TPSA) is 123 Å². The van der Waals surface area contributed by atoms with Crippen LogP contribution in [0.5, 0.6) is 0 Å². The van der Waals surface area contributed by atoms with Crippen LogP contribution in [-0.2, 0) is 11.8 Å². The predicted molar refractivity (Wildman–Crippen MR) is 114 cm³/mol. The number of nitrogens with zero attached hydrogens (tertiary/aromatic N) is 3. The lowest BCUT2D eigenvalue weighted by atomic mass is 10.2. The normalized spacial score (nSPS) is 11.5. The molecular formula is C20H26N6O4. The van der Waals surface area contributed by atoms with E-state index >= 15 is 0 Å². The van der Waals surface area contributed by atoms with Gasteiger partial charge in [0.2, 0.25) is 5.95 Å². The van der Waals surface area contributed by atoms with E-state index in [-0.39, 0.29) is 17.7 Å². The molecule has 0 aliphatic rings. The number of alkyl carbamates (subject to hydrolysis) is 1. The monoisotopic (exact) mass is 414 g/mol. The fraction of sp³-hybridized carbons (Fsp3) is 0.400. The quantitative estimate of drug-likeness (QED) is 0.546. The Morgan fingerprint density at radius 3 is 2.57 bits per heavy atom. The summed E-state index contributed by atoms with van der Waals surface area (Å²) >= 11 is 0. The zero-order chi connectivity index (χ0) is 22.1. The number of benzene rings is 1. The number of aromatic amines is 1. The molecule has 0 atom stereocenters. The van der Waals surface area contributed by atoms with E-state index in [1.165, 1.54) is 7.05 Å². The molecule has 0 aliphatic heterocycles. The molecule has 0 saturated carbocycles. The van der Waals surface area contributed by atoms with Gasteiger partial charge in [0, 0.05) is 20.1 Å². The summed E-state index contributed by atoms with van der Waals surface area (Å²) in [4.78, 5) is 43.6. The van der Waals surface area contributed by atoms with Gasteiger partial charge in [-0.25, -0.2) is 9.59 Å². The molecule has 0 unspecified atom stereocenters. The number of amides is 1. The number of hydrogen-bond donors (Lipinski definition) is 3. The van der Waals surface area contributed by atoms with Crippen LogP contribution in [0.2, 0.25) is 0 Å². The van der Waals surface area contributed by atoms with Gasteiger partial charge in [-0.3, -0.25) is 18.9 Å². The van der Waals surface area contributed by atoms with Crippen LogP contribution >= 0.6 is 0 Å². The van der Waals surface area contributed by atoms with Crippen molar-refractivity contribution in [2.24, 2.45) is 7.05 Å². The third kappa shape index (κ3) is 4.37. The summed E-state index contributed by atoms with van der Waals surface area (Å²) in [5, 5.41) is 5.78. The molecule has 0 bridgehead atoms. The van der Waals surface area contributed by atoms with Crippen LogP contribution in [0.4, 0.5) is 10.7 Å². The first-order valence-corrected chi connectivity index (χ1v) is 9.57. The second kappa shape index (κ2) is 8.05. The molecule has 10 heteroatoms. The van der Waals surface area contributed by atoms with E-state index in [1.807, 2.05) is 31.2 Å². The zero-order valence-electron chi connectivity index (χ0n) is 17.7. The first-order valence-electron chi connectivity index (χ1n) is 9.57. The molecule has 0 aliphatic carbocycles. The summed E-state index contributed by atoms with van der Waals surface area (Å²) < 4.78 is 7.89. The number of H-pyrrole nitrogens is 1. The van der Waals surface area contributed by atoms with Crippen LogP contribution in [0.25, 0.3) is 16.9 Å². The Morgan fingerprint density at radius 2 is 1.90 bits per heavy atom. The van der Waals surface area contributed by atoms with Gasteiger partial charge in [0.25, 0.3) is 5.56 Å². The number of carbonyl (C=O) groups is 1. The highest BCUT2D eigenvalue weighted by Crippen LogP contribution is 2.23. The van der Waals surface area contributed by atoms with Crippen molar-refractivity contribution in [2.45, 2.75) is 33.3 Å². The highest BCUT2D eigenvalue weighted by Gasteiger charge is 2.19. The number of fused-ring (bicyclic) bond motifs is 1. The molecular weight excluding hydrogens is 388 g/mol. The van der Waals surface area contributed by atoms with Gasteiger partial charge in [-0.05, 0) is 39.3 Å². The first-order chi connectivity index (χ1) is 14.1. The summed E-state index contributed by atoms with van der Waals surface area (Å²) in [6.07, 6.45) is -0.519. The molecule has 2 heterocycles. The van der Waals surface area contributed by atoms with Crippen molar-refractivity contribution in [3.8, 4) is 5.69 Å². The van der Waals surface area contributed by atoms with Gasteiger partial charge in [0.05, 0.1) is 5.69 Å². The van der Waals surface area contributed by atoms with E-state index in [0.29, 0.717) is 12.5 Å². The molecule has 1 amide bonds. The van der Waals surface area contributed by atoms with Crippen LogP contribution in [0.1, 0.15) is 26.3 Å². The van der Waals surface area contributed by atoms with Crippen molar-refractivity contribution in [1.82, 2.24) is 24.4 Å². The molecule has 0 spiro atoms. The standard InChI is InChI=1S/C20H26N6O4/c1-12-8-6-7-9-13(12)26-14-15(24-18(28)25(5)16(14)27)23-17(26)21-10-11-22-19(29)30-20(2,3)4/h6-9H,10-11H2,1-5H3,(H,21,23)(H,22,29)(H,24,28). The Morgan fingerprint density at radius 1 is 1.20 bits per heavy atom. The maximum Gasteiger partial charge on any atom is 0.407 e. The minimum Gasteiger partial charge on any atom is -0.444 e. The number of para-hydroxylation sites is 1. The van der Waals surface area contributed by atoms with Crippen molar-refractivity contribution in [1.29, 1.82) is 0 Å². The average molecular weight is 414 g/mol. The number of ether oxygens (including phenoxy) is 1. The minimum absolute atomic E-state index is 0.189. The highest BCUT2D eigenvalue weighted by molar-refractivity contribution is 5.77. The third-order valence-electron chi connectivity index (χ3n) is 4.35. The molecule has 1 aromatic carbocycles. The highest BCUT2D eigenvalue weighted by atomic mass is 16.6. The maximum atomic E-state index is 12.8. The summed E-state index contributed by atoms with van der Waals surface area (Å²) in [6, 6.07) is 7.55. The summed E-state index contributed by atoms with van der Waals surface area (Å²) in [6.45, 7) is 7.90. The van der Waals surface area contributed by atoms with Crippen LogP contribution in [0.3, 0.4) is 0 Å². The smallest absolute Gasteiger partial charge is 0.407 e. The van der Waals surface area contributed by atoms with Gasteiger partial charge < -0.3 is 15.4 Å². The summed E-state index contributed by atoms with van der Waals surface area (Å²) in [5.41, 5.74) is 0.557. The van der Waals surface area contributed by atoms with Crippen LogP contribution in [0, 0.1) is 6.92 Å². The SMILES string of the molecule is Cc1ccccc1-n1c(NCCNC(=O)OC(C)(C)C)nc2[nH]c(=O)n(C)c(=O)c21. The number of nitrogens with one attached hydrogen (secondary N) is 3. The minimum atomic E-state index is -0.581. The fourth-order valence-electron chi connectivity index (χ4n) is 2.96. The zero-order valence-corrected chi connectivity index (χ0v) is 17.7. The van der Waals surface area contributed by atoms with Gasteiger partial charge in [-0.15, -0.1) is 0 Å². The fourth-order valence-corrected chi connectivity index (χ4v) is 2.96. The van der Waals surface area contributed by atoms with Gasteiger partial charge in [-0.2, -0.15) is 4.98 Å². The largest absolute Gasteiger partial charge is 0.444 e. The van der Waals surface area contributed by atoms with Crippen LogP contribution < -0.4 is 21.9 Å². The molecule has 3 rings (SSSR count). The summed E-state index contributed by atoms with van der Waals surface area (Å²) in [7, 11) is 1.41. The van der Waals surface area contributed by atoms with Gasteiger partial charge in [0.1, 0.15) is 5.60 Å². The van der Waals surface area contributed by atoms with Crippen molar-refractivity contribution in [3.63, 3.8) is 0 Å². The maximum absolute atomic E-state index is 12.8. The van der Waals surface area contributed by atoms with Crippen molar-refractivity contribution >= 4 is 23.2 Å². The van der Waals surface area contributed by atoms with E-state index in [9.17, 15) is 14.4 Å². The first kappa shape index (κ1) is 21.2. The lowest BCUT2D eigenvalue weighted by molar-refractivity contribution is 0.0530. The van der Waals surface area contributed by atoms with Crippen molar-refractivity contribution in [2.75, 3.05) is 18.4 Å². The van der Waals surface area contributed by atoms with Gasteiger partial charge in [0.15, 0.2) is 11.2 Å². The van der Waals surface area contributed by atoms with E-state index < -0.39 is 22.9 Å². The molecule has 2 aromatic heterocycles. The Labute approximate surface area is 172 Å². The molecule has 10 nitrogen and oxygen atoms in total. The van der Waals surface area contributed by atoms with Crippen molar-refractivity contribution < 1.29 is 9.53 Å². The molecule has 0 fully saturated rings. The number of hydrogen-bond acceptors (Lipinski definition) is 6. The number of rotatable bonds is 5. The predicted octanol–water partition coefficient (Wildman–Crippen LogP) is 1.66. The number of anilines is 1. The molecule has 3 N–H and O–H groups in total. The van der Waals surface area contributed by atoms with Gasteiger partial charge >= 0.3 is 11.8 Å². The van der Waals surface area contributed by atoms with Crippen molar-refractivity contribution in [3.05, 3.63) is 50.7 Å². The number of carbonyl (C=O) groups excluding carboxylic acids is 1. The summed E-state index contributed by atoms with van der Waals surface area (Å²) in [5.74, 6) is 0.379. The number of imidazole rings is 1. The van der Waals surface area contributed by atoms with E-state index in [2.05, 4.69) is 20.6 Å². The Bertz CT molecular complexity index is 1200. The molecule has 0 saturated heterocycles. The Balaban J connectivity index is 1.93. The molecule has 30 heavy (non-hydrogen) atoms. The van der Waals surface area contributed by atoms with E-state index in [0.717, 1.165) is 15.8 Å². The lowest BCUT2D eigenvalue weighted by Gasteiger charge is -2.19. The Hall–Kier alpha value is -3.56. The van der Waals surface area contributed by atoms with Crippen LogP contribution in [-0.4, -0.2) is 43.9 Å². The molecule has 3 aromatic rings. The van der Waals surface area contributed by atoms with Gasteiger partial charge in [-0.1, -0.05) is 18.2 Å². The number of aryl methyl sites for hydroxylation is 1. The number of aromatic nitrogens is 4. The second-order valence-corrected chi connectivity index (χ2v) is 7.90. The van der Waals surface area contributed by atoms with E-state index in [4.69, 9.17) is 4.74 Å². The average Bonchev–Trinajstić information content (AvgIpc) is 3.00. The lowest BCUT2D eigenvalue weighted by Crippen LogP contribution is -2.35. The second-order valence-electron chi connectivity index (χ2n) is 7.90. The van der Waals surface area contributed by atoms with Crippen LogP contribution in [0.15, 0.2) is 33.9 Å². The Kier molecular flexibility index (Phi) is 5.68. The third-order valence-corrected chi connectivity index (χ3v) is 4.35. The molecule has 160 valence electrons. The molecule has 0 radical (unpaired) electrons. The van der Waals surface area contributed by atoms with E-state index in [1.54, 1.807) is 25.3 Å².